The maximum atomic E-state index is 5.93. The van der Waals surface area contributed by atoms with Gasteiger partial charge in [-0.05, 0) is 32.6 Å². The summed E-state index contributed by atoms with van der Waals surface area (Å²) >= 11 is 0. The van der Waals surface area contributed by atoms with E-state index < -0.39 is 0 Å². The van der Waals surface area contributed by atoms with Gasteiger partial charge in [-0.15, -0.1) is 0 Å². The Morgan fingerprint density at radius 1 is 1.25 bits per heavy atom. The van der Waals surface area contributed by atoms with Gasteiger partial charge in [-0.25, -0.2) is 4.98 Å². The number of aryl methyl sites for hydroxylation is 1. The summed E-state index contributed by atoms with van der Waals surface area (Å²) in [5, 5.41) is 3.31. The predicted molar refractivity (Wildman–Crippen MR) is 82.4 cm³/mol. The molecule has 1 aliphatic carbocycles. The molecule has 0 aliphatic heterocycles. The summed E-state index contributed by atoms with van der Waals surface area (Å²) in [6, 6.07) is 0. The van der Waals surface area contributed by atoms with Crippen LogP contribution in [-0.2, 0) is 6.42 Å². The van der Waals surface area contributed by atoms with Crippen molar-refractivity contribution < 1.29 is 4.74 Å². The van der Waals surface area contributed by atoms with E-state index in [4.69, 9.17) is 4.74 Å². The van der Waals surface area contributed by atoms with Gasteiger partial charge in [0.1, 0.15) is 11.6 Å². The van der Waals surface area contributed by atoms with Crippen molar-refractivity contribution in [1.29, 1.82) is 0 Å². The second-order valence-electron chi connectivity index (χ2n) is 5.63. The second-order valence-corrected chi connectivity index (χ2v) is 5.63. The van der Waals surface area contributed by atoms with Crippen LogP contribution in [-0.4, -0.2) is 23.1 Å². The molecular formula is C16H27N3O. The van der Waals surface area contributed by atoms with Crippen LogP contribution in [0.5, 0.6) is 5.88 Å². The minimum atomic E-state index is 0.763. The Bertz CT molecular complexity index is 430. The van der Waals surface area contributed by atoms with Crippen LogP contribution in [0, 0.1) is 12.8 Å². The Hall–Kier alpha value is -1.32. The fourth-order valence-corrected chi connectivity index (χ4v) is 2.46. The Balaban J connectivity index is 2.03. The number of aromatic nitrogens is 2. The topological polar surface area (TPSA) is 47.0 Å². The number of ether oxygens (including phenoxy) is 1. The zero-order valence-electron chi connectivity index (χ0n) is 13.0. The number of hydrogen-bond donors (Lipinski definition) is 1. The molecule has 112 valence electrons. The van der Waals surface area contributed by atoms with Crippen LogP contribution < -0.4 is 10.1 Å². The third kappa shape index (κ3) is 3.84. The van der Waals surface area contributed by atoms with Crippen molar-refractivity contribution in [3.63, 3.8) is 0 Å². The number of anilines is 1. The van der Waals surface area contributed by atoms with Crippen LogP contribution in [0.4, 0.5) is 5.82 Å². The van der Waals surface area contributed by atoms with E-state index in [0.717, 1.165) is 61.4 Å². The molecule has 0 aromatic carbocycles. The lowest BCUT2D eigenvalue weighted by Crippen LogP contribution is -2.16. The van der Waals surface area contributed by atoms with Crippen LogP contribution in [0.25, 0.3) is 0 Å². The molecule has 1 N–H and O–H groups in total. The molecule has 0 atom stereocenters. The van der Waals surface area contributed by atoms with Gasteiger partial charge < -0.3 is 10.1 Å². The molecule has 1 saturated carbocycles. The summed E-state index contributed by atoms with van der Waals surface area (Å²) in [4.78, 5) is 9.15. The molecule has 0 amide bonds. The summed E-state index contributed by atoms with van der Waals surface area (Å²) in [6.45, 7) is 7.91. The highest BCUT2D eigenvalue weighted by molar-refractivity contribution is 5.48. The van der Waals surface area contributed by atoms with Crippen molar-refractivity contribution in [2.24, 2.45) is 5.92 Å². The molecule has 0 spiro atoms. The number of rotatable bonds is 8. The van der Waals surface area contributed by atoms with Crippen molar-refractivity contribution in [2.75, 3.05) is 18.5 Å². The first-order chi connectivity index (χ1) is 9.74. The Labute approximate surface area is 122 Å². The monoisotopic (exact) mass is 277 g/mol. The molecule has 0 radical (unpaired) electrons. The molecule has 4 nitrogen and oxygen atoms in total. The minimum Gasteiger partial charge on any atom is -0.477 e. The minimum absolute atomic E-state index is 0.763. The highest BCUT2D eigenvalue weighted by atomic mass is 16.5. The molecule has 4 heteroatoms. The maximum Gasteiger partial charge on any atom is 0.221 e. The molecule has 1 aromatic heterocycles. The van der Waals surface area contributed by atoms with Crippen molar-refractivity contribution in [3.05, 3.63) is 11.4 Å². The standard InChI is InChI=1S/C16H27N3O/c1-4-7-14-18-15(17-5-2)12(3)16(19-14)20-11-10-13-8-6-9-13/h13H,4-11H2,1-3H3,(H,17,18,19). The third-order valence-electron chi connectivity index (χ3n) is 3.95. The lowest BCUT2D eigenvalue weighted by atomic mass is 9.83. The Morgan fingerprint density at radius 2 is 2.05 bits per heavy atom. The van der Waals surface area contributed by atoms with Gasteiger partial charge >= 0.3 is 0 Å². The molecule has 1 aliphatic rings. The van der Waals surface area contributed by atoms with E-state index in [2.05, 4.69) is 29.1 Å². The third-order valence-corrected chi connectivity index (χ3v) is 3.95. The highest BCUT2D eigenvalue weighted by Gasteiger charge is 2.18. The summed E-state index contributed by atoms with van der Waals surface area (Å²) in [7, 11) is 0. The smallest absolute Gasteiger partial charge is 0.221 e. The van der Waals surface area contributed by atoms with Crippen LogP contribution in [0.2, 0.25) is 0 Å². The van der Waals surface area contributed by atoms with Crippen LogP contribution >= 0.6 is 0 Å². The molecule has 1 heterocycles. The van der Waals surface area contributed by atoms with Crippen molar-refractivity contribution in [2.45, 2.75) is 59.3 Å². The zero-order valence-corrected chi connectivity index (χ0v) is 13.0. The van der Waals surface area contributed by atoms with Crippen LogP contribution in [0.3, 0.4) is 0 Å². The lowest BCUT2D eigenvalue weighted by molar-refractivity contribution is 0.216. The lowest BCUT2D eigenvalue weighted by Gasteiger charge is -2.25. The second kappa shape index (κ2) is 7.46. The van der Waals surface area contributed by atoms with Gasteiger partial charge in [0, 0.05) is 13.0 Å². The maximum absolute atomic E-state index is 5.93. The molecule has 0 unspecified atom stereocenters. The molecule has 1 aromatic rings. The zero-order chi connectivity index (χ0) is 14.4. The fourth-order valence-electron chi connectivity index (χ4n) is 2.46. The molecule has 0 bridgehead atoms. The van der Waals surface area contributed by atoms with Crippen molar-refractivity contribution >= 4 is 5.82 Å². The van der Waals surface area contributed by atoms with Gasteiger partial charge in [0.15, 0.2) is 0 Å². The number of nitrogens with one attached hydrogen (secondary N) is 1. The SMILES string of the molecule is CCCc1nc(NCC)c(C)c(OCCC2CCC2)n1. The average molecular weight is 277 g/mol. The summed E-state index contributed by atoms with van der Waals surface area (Å²) < 4.78 is 5.93. The van der Waals surface area contributed by atoms with E-state index in [9.17, 15) is 0 Å². The molecule has 2 rings (SSSR count). The first-order valence-corrected chi connectivity index (χ1v) is 7.98. The van der Waals surface area contributed by atoms with Crippen LogP contribution in [0.15, 0.2) is 0 Å². The normalized spacial score (nSPS) is 14.9. The van der Waals surface area contributed by atoms with E-state index in [0.29, 0.717) is 0 Å². The highest BCUT2D eigenvalue weighted by Crippen LogP contribution is 2.30. The Kier molecular flexibility index (Phi) is 5.62. The van der Waals surface area contributed by atoms with E-state index in [1.165, 1.54) is 19.3 Å². The van der Waals surface area contributed by atoms with Crippen LogP contribution in [0.1, 0.15) is 57.3 Å². The van der Waals surface area contributed by atoms with Crippen molar-refractivity contribution in [3.8, 4) is 5.88 Å². The van der Waals surface area contributed by atoms with Crippen molar-refractivity contribution in [1.82, 2.24) is 9.97 Å². The first-order valence-electron chi connectivity index (χ1n) is 7.98. The van der Waals surface area contributed by atoms with Gasteiger partial charge in [-0.2, -0.15) is 4.98 Å². The van der Waals surface area contributed by atoms with E-state index in [1.54, 1.807) is 0 Å². The summed E-state index contributed by atoms with van der Waals surface area (Å²) in [6.07, 6.45) is 7.24. The molecule has 0 saturated heterocycles. The van der Waals surface area contributed by atoms with Gasteiger partial charge in [-0.1, -0.05) is 26.2 Å². The first kappa shape index (κ1) is 15.1. The van der Waals surface area contributed by atoms with E-state index >= 15 is 0 Å². The number of hydrogen-bond acceptors (Lipinski definition) is 4. The summed E-state index contributed by atoms with van der Waals surface area (Å²) in [5.41, 5.74) is 1.03. The van der Waals surface area contributed by atoms with E-state index in [-0.39, 0.29) is 0 Å². The van der Waals surface area contributed by atoms with Gasteiger partial charge in [0.05, 0.1) is 12.2 Å². The quantitative estimate of drug-likeness (QED) is 0.786. The predicted octanol–water partition coefficient (Wildman–Crippen LogP) is 3.74. The van der Waals surface area contributed by atoms with Gasteiger partial charge in [0.25, 0.3) is 0 Å². The number of nitrogens with zero attached hydrogens (tertiary/aromatic N) is 2. The van der Waals surface area contributed by atoms with Gasteiger partial charge in [-0.3, -0.25) is 0 Å². The molecular weight excluding hydrogens is 250 g/mol. The largest absolute Gasteiger partial charge is 0.477 e. The Morgan fingerprint density at radius 3 is 2.65 bits per heavy atom. The molecule has 20 heavy (non-hydrogen) atoms. The summed E-state index contributed by atoms with van der Waals surface area (Å²) in [5.74, 6) is 3.44. The van der Waals surface area contributed by atoms with Gasteiger partial charge in [0.2, 0.25) is 5.88 Å². The molecule has 1 fully saturated rings. The average Bonchev–Trinajstić information content (AvgIpc) is 2.38. The fraction of sp³-hybridized carbons (Fsp3) is 0.750. The van der Waals surface area contributed by atoms with E-state index in [1.807, 2.05) is 6.92 Å².